The van der Waals surface area contributed by atoms with Crippen LogP contribution in [0, 0.1) is 29.6 Å². The van der Waals surface area contributed by atoms with E-state index in [4.69, 9.17) is 4.74 Å². The number of carbonyl (C=O) groups excluding carboxylic acids is 3. The topological polar surface area (TPSA) is 75.7 Å². The van der Waals surface area contributed by atoms with E-state index in [1.807, 2.05) is 4.90 Å². The maximum absolute atomic E-state index is 13.1. The van der Waals surface area contributed by atoms with Crippen LogP contribution in [0.25, 0.3) is 0 Å². The molecule has 2 aliphatic carbocycles. The van der Waals surface area contributed by atoms with E-state index in [0.29, 0.717) is 17.2 Å². The van der Waals surface area contributed by atoms with Crippen LogP contribution in [0.5, 0.6) is 0 Å². The third-order valence-corrected chi connectivity index (χ3v) is 8.47. The number of alkyl halides is 1. The molecule has 4 aliphatic rings. The summed E-state index contributed by atoms with van der Waals surface area (Å²) in [5, 5.41) is 2.96. The summed E-state index contributed by atoms with van der Waals surface area (Å²) in [7, 11) is 0. The molecular formula is C22H25BrN2O4. The van der Waals surface area contributed by atoms with Crippen LogP contribution in [0.2, 0.25) is 0 Å². The minimum Gasteiger partial charge on any atom is -0.461 e. The summed E-state index contributed by atoms with van der Waals surface area (Å²) in [5.41, 5.74) is 1.19. The summed E-state index contributed by atoms with van der Waals surface area (Å²) in [6, 6.07) is 7.12. The average molecular weight is 461 g/mol. The first-order valence-electron chi connectivity index (χ1n) is 10.5. The predicted octanol–water partition coefficient (Wildman–Crippen LogP) is 3.07. The first kappa shape index (κ1) is 19.1. The maximum Gasteiger partial charge on any atom is 0.310 e. The Bertz CT molecular complexity index is 866. The van der Waals surface area contributed by atoms with E-state index in [0.717, 1.165) is 32.4 Å². The molecule has 154 valence electrons. The Morgan fingerprint density at radius 1 is 1.21 bits per heavy atom. The van der Waals surface area contributed by atoms with Gasteiger partial charge in [0, 0.05) is 30.3 Å². The minimum absolute atomic E-state index is 0.00987. The molecule has 2 amide bonds. The second kappa shape index (κ2) is 7.11. The Labute approximate surface area is 178 Å². The van der Waals surface area contributed by atoms with Crippen molar-refractivity contribution in [2.75, 3.05) is 18.4 Å². The highest BCUT2D eigenvalue weighted by molar-refractivity contribution is 9.09. The number of fused-ring (bicyclic) bond motifs is 1. The van der Waals surface area contributed by atoms with Gasteiger partial charge in [-0.25, -0.2) is 0 Å². The zero-order valence-corrected chi connectivity index (χ0v) is 17.9. The van der Waals surface area contributed by atoms with Crippen LogP contribution >= 0.6 is 15.9 Å². The molecule has 1 aromatic carbocycles. The number of piperidine rings is 1. The normalized spacial score (nSPS) is 35.7. The number of hydrogen-bond acceptors (Lipinski definition) is 4. The standard InChI is InChI=1S/C22H25BrN2O4/c1-11-5-7-25(8-6-11)21(27)12-3-2-4-13(9-12)24-20(26)16-14-10-15-17(16)22(28)29-19(15)18(14)23/h2-4,9,11,14-19H,5-8,10H2,1H3,(H,24,26)/t14-,15-,16-,17-,18+,19+/m1/s1. The smallest absolute Gasteiger partial charge is 0.310 e. The summed E-state index contributed by atoms with van der Waals surface area (Å²) in [6.45, 7) is 3.77. The molecule has 6 atom stereocenters. The Balaban J connectivity index is 1.30. The van der Waals surface area contributed by atoms with Gasteiger partial charge in [-0.3, -0.25) is 14.4 Å². The number of amides is 2. The monoisotopic (exact) mass is 460 g/mol. The molecule has 0 unspecified atom stereocenters. The van der Waals surface area contributed by atoms with E-state index < -0.39 is 0 Å². The number of nitrogens with one attached hydrogen (secondary N) is 1. The average Bonchev–Trinajstić information content (AvgIpc) is 3.32. The number of likely N-dealkylation sites (tertiary alicyclic amines) is 1. The number of halogens is 1. The Morgan fingerprint density at radius 2 is 1.97 bits per heavy atom. The van der Waals surface area contributed by atoms with E-state index in [1.54, 1.807) is 24.3 Å². The molecule has 0 aromatic heterocycles. The summed E-state index contributed by atoms with van der Waals surface area (Å²) in [4.78, 5) is 40.1. The van der Waals surface area contributed by atoms with Gasteiger partial charge in [-0.2, -0.15) is 0 Å². The minimum atomic E-state index is -0.376. The van der Waals surface area contributed by atoms with Gasteiger partial charge in [-0.05, 0) is 49.3 Å². The Kier molecular flexibility index (Phi) is 4.68. The molecule has 2 bridgehead atoms. The number of benzene rings is 1. The highest BCUT2D eigenvalue weighted by Gasteiger charge is 2.67. The molecule has 29 heavy (non-hydrogen) atoms. The van der Waals surface area contributed by atoms with Crippen molar-refractivity contribution in [1.29, 1.82) is 0 Å². The number of anilines is 1. The molecule has 7 heteroatoms. The van der Waals surface area contributed by atoms with Crippen molar-refractivity contribution < 1.29 is 19.1 Å². The van der Waals surface area contributed by atoms with Crippen molar-refractivity contribution in [2.24, 2.45) is 29.6 Å². The van der Waals surface area contributed by atoms with E-state index in [9.17, 15) is 14.4 Å². The lowest BCUT2D eigenvalue weighted by molar-refractivity contribution is -0.145. The van der Waals surface area contributed by atoms with Crippen LogP contribution < -0.4 is 5.32 Å². The van der Waals surface area contributed by atoms with Crippen LogP contribution in [-0.4, -0.2) is 46.7 Å². The lowest BCUT2D eigenvalue weighted by atomic mass is 9.79. The van der Waals surface area contributed by atoms with Crippen molar-refractivity contribution >= 4 is 39.4 Å². The molecule has 4 fully saturated rings. The van der Waals surface area contributed by atoms with E-state index >= 15 is 0 Å². The largest absolute Gasteiger partial charge is 0.461 e. The number of esters is 1. The fourth-order valence-electron chi connectivity index (χ4n) is 5.68. The van der Waals surface area contributed by atoms with Crippen LogP contribution in [0.4, 0.5) is 5.69 Å². The van der Waals surface area contributed by atoms with Crippen LogP contribution in [0.15, 0.2) is 24.3 Å². The molecule has 2 aliphatic heterocycles. The molecular weight excluding hydrogens is 436 g/mol. The molecule has 2 heterocycles. The molecule has 0 spiro atoms. The van der Waals surface area contributed by atoms with Gasteiger partial charge >= 0.3 is 5.97 Å². The van der Waals surface area contributed by atoms with Gasteiger partial charge in [0.2, 0.25) is 5.91 Å². The molecule has 1 N–H and O–H groups in total. The summed E-state index contributed by atoms with van der Waals surface area (Å²) in [6.07, 6.45) is 2.81. The SMILES string of the molecule is CC1CCN(C(=O)c2cccc(NC(=O)[C@@H]3[C@H]4C[C@H]5[C@H](OC(=O)[C@H]53)[C@H]4Br)c2)CC1. The summed E-state index contributed by atoms with van der Waals surface area (Å²) < 4.78 is 5.49. The molecule has 2 saturated carbocycles. The zero-order chi connectivity index (χ0) is 20.3. The Hall–Kier alpha value is -1.89. The van der Waals surface area contributed by atoms with E-state index in [-0.39, 0.29) is 52.4 Å². The quantitative estimate of drug-likeness (QED) is 0.555. The van der Waals surface area contributed by atoms with Crippen molar-refractivity contribution in [2.45, 2.75) is 37.1 Å². The number of rotatable bonds is 3. The molecule has 1 aromatic rings. The first-order chi connectivity index (χ1) is 13.9. The van der Waals surface area contributed by atoms with Gasteiger partial charge in [0.1, 0.15) is 6.10 Å². The fraction of sp³-hybridized carbons (Fsp3) is 0.591. The van der Waals surface area contributed by atoms with Gasteiger partial charge in [0.05, 0.1) is 16.7 Å². The second-order valence-corrected chi connectivity index (χ2v) is 10.1. The highest BCUT2D eigenvalue weighted by atomic mass is 79.9. The van der Waals surface area contributed by atoms with Gasteiger partial charge in [0.15, 0.2) is 0 Å². The summed E-state index contributed by atoms with van der Waals surface area (Å²) in [5.74, 6) is -0.183. The van der Waals surface area contributed by atoms with Crippen LogP contribution in [0.1, 0.15) is 36.5 Å². The molecule has 5 rings (SSSR count). The van der Waals surface area contributed by atoms with E-state index in [2.05, 4.69) is 28.2 Å². The third kappa shape index (κ3) is 3.09. The van der Waals surface area contributed by atoms with Gasteiger partial charge in [-0.15, -0.1) is 0 Å². The second-order valence-electron chi connectivity index (χ2n) is 9.01. The van der Waals surface area contributed by atoms with Crippen molar-refractivity contribution in [3.05, 3.63) is 29.8 Å². The van der Waals surface area contributed by atoms with Crippen molar-refractivity contribution in [1.82, 2.24) is 4.90 Å². The van der Waals surface area contributed by atoms with Gasteiger partial charge < -0.3 is 15.0 Å². The van der Waals surface area contributed by atoms with Gasteiger partial charge in [0.25, 0.3) is 5.91 Å². The van der Waals surface area contributed by atoms with Crippen molar-refractivity contribution in [3.8, 4) is 0 Å². The maximum atomic E-state index is 13.1. The van der Waals surface area contributed by atoms with Crippen molar-refractivity contribution in [3.63, 3.8) is 0 Å². The third-order valence-electron chi connectivity index (χ3n) is 7.27. The number of nitrogens with zero attached hydrogens (tertiary/aromatic N) is 1. The first-order valence-corrected chi connectivity index (χ1v) is 11.4. The number of hydrogen-bond donors (Lipinski definition) is 1. The van der Waals surface area contributed by atoms with E-state index in [1.165, 1.54) is 0 Å². The zero-order valence-electron chi connectivity index (χ0n) is 16.3. The van der Waals surface area contributed by atoms with Crippen LogP contribution in [-0.2, 0) is 14.3 Å². The number of ether oxygens (including phenoxy) is 1. The lowest BCUT2D eigenvalue weighted by Crippen LogP contribution is -2.40. The summed E-state index contributed by atoms with van der Waals surface area (Å²) >= 11 is 3.64. The molecule has 6 nitrogen and oxygen atoms in total. The Morgan fingerprint density at radius 3 is 2.72 bits per heavy atom. The lowest BCUT2D eigenvalue weighted by Gasteiger charge is -2.30. The van der Waals surface area contributed by atoms with Gasteiger partial charge in [-0.1, -0.05) is 28.9 Å². The molecule has 0 radical (unpaired) electrons. The van der Waals surface area contributed by atoms with Crippen LogP contribution in [0.3, 0.4) is 0 Å². The predicted molar refractivity (Wildman–Crippen MR) is 111 cm³/mol. The highest BCUT2D eigenvalue weighted by Crippen LogP contribution is 2.60. The number of carbonyl (C=O) groups is 3. The fourth-order valence-corrected chi connectivity index (χ4v) is 6.72. The molecule has 2 saturated heterocycles.